The van der Waals surface area contributed by atoms with Crippen LogP contribution in [-0.2, 0) is 28.4 Å². The number of aliphatic carboxylic acids is 1. The Morgan fingerprint density at radius 2 is 1.83 bits per heavy atom. The number of nitrogens with one attached hydrogen (secondary N) is 1. The minimum Gasteiger partial charge on any atom is -0.481 e. The van der Waals surface area contributed by atoms with Crippen LogP contribution in [0.15, 0.2) is 54.9 Å². The van der Waals surface area contributed by atoms with Crippen molar-refractivity contribution in [2.45, 2.75) is 31.9 Å². The monoisotopic (exact) mass is 486 g/mol. The fourth-order valence-electron chi connectivity index (χ4n) is 3.95. The Morgan fingerprint density at radius 3 is 2.49 bits per heavy atom. The van der Waals surface area contributed by atoms with Gasteiger partial charge in [-0.3, -0.25) is 4.79 Å². The van der Waals surface area contributed by atoms with Gasteiger partial charge in [0, 0.05) is 25.6 Å². The first kappa shape index (κ1) is 24.5. The van der Waals surface area contributed by atoms with Crippen LogP contribution in [0.3, 0.4) is 0 Å². The van der Waals surface area contributed by atoms with Crippen LogP contribution in [-0.4, -0.2) is 40.8 Å². The predicted molar refractivity (Wildman–Crippen MR) is 124 cm³/mol. The molecule has 1 saturated heterocycles. The van der Waals surface area contributed by atoms with E-state index < -0.39 is 23.8 Å². The molecule has 3 aromatic rings. The van der Waals surface area contributed by atoms with E-state index in [0.29, 0.717) is 24.3 Å². The number of ether oxygens (including phenoxy) is 1. The number of aromatic nitrogens is 2. The maximum atomic E-state index is 15.4. The molecule has 184 valence electrons. The van der Waals surface area contributed by atoms with Gasteiger partial charge >= 0.3 is 5.97 Å². The number of benzene rings is 2. The fraction of sp³-hybridized carbons (Fsp3) is 0.320. The number of hydrogen-bond donors (Lipinski definition) is 2. The van der Waals surface area contributed by atoms with Crippen molar-refractivity contribution in [2.75, 3.05) is 30.0 Å². The molecule has 0 amide bonds. The van der Waals surface area contributed by atoms with Gasteiger partial charge in [-0.2, -0.15) is 4.39 Å². The summed E-state index contributed by atoms with van der Waals surface area (Å²) >= 11 is 0. The molecule has 1 unspecified atom stereocenters. The number of carboxylic acids is 1. The van der Waals surface area contributed by atoms with Crippen molar-refractivity contribution < 1.29 is 27.8 Å². The third-order valence-corrected chi connectivity index (χ3v) is 5.81. The van der Waals surface area contributed by atoms with Crippen molar-refractivity contribution >= 4 is 17.6 Å². The number of rotatable bonds is 8. The molecular formula is C25H25F3N4O3. The van der Waals surface area contributed by atoms with Crippen molar-refractivity contribution in [3.63, 3.8) is 0 Å². The third-order valence-electron chi connectivity index (χ3n) is 5.81. The SMILES string of the molecule is CC(F)(F)c1ccc(C2COCCN2c2ncnc(NCc3ccc(CC(=O)O)cc3)c2F)cc1. The Hall–Kier alpha value is -3.66. The first-order valence-electron chi connectivity index (χ1n) is 11.1. The minimum absolute atomic E-state index is 0.0239. The summed E-state index contributed by atoms with van der Waals surface area (Å²) in [5.74, 6) is -4.36. The lowest BCUT2D eigenvalue weighted by Gasteiger charge is -2.37. The zero-order valence-corrected chi connectivity index (χ0v) is 19.0. The van der Waals surface area contributed by atoms with Gasteiger partial charge < -0.3 is 20.1 Å². The second-order valence-corrected chi connectivity index (χ2v) is 8.39. The first-order chi connectivity index (χ1) is 16.7. The molecule has 4 rings (SSSR count). The maximum absolute atomic E-state index is 15.4. The van der Waals surface area contributed by atoms with E-state index in [1.54, 1.807) is 41.3 Å². The molecule has 10 heteroatoms. The number of morpholine rings is 1. The Bertz CT molecular complexity index is 1170. The summed E-state index contributed by atoms with van der Waals surface area (Å²) in [5, 5.41) is 11.8. The van der Waals surface area contributed by atoms with Gasteiger partial charge in [0.05, 0.1) is 25.7 Å². The van der Waals surface area contributed by atoms with E-state index >= 15 is 4.39 Å². The van der Waals surface area contributed by atoms with Gasteiger partial charge in [-0.1, -0.05) is 48.5 Å². The summed E-state index contributed by atoms with van der Waals surface area (Å²) in [6.07, 6.45) is 1.20. The number of carbonyl (C=O) groups is 1. The lowest BCUT2D eigenvalue weighted by atomic mass is 10.0. The summed E-state index contributed by atoms with van der Waals surface area (Å²) in [6, 6.07) is 12.5. The van der Waals surface area contributed by atoms with E-state index in [1.807, 2.05) is 0 Å². The van der Waals surface area contributed by atoms with Crippen LogP contribution in [0.5, 0.6) is 0 Å². The van der Waals surface area contributed by atoms with Crippen molar-refractivity contribution in [3.8, 4) is 0 Å². The quantitative estimate of drug-likeness (QED) is 0.483. The van der Waals surface area contributed by atoms with Crippen molar-refractivity contribution in [3.05, 3.63) is 82.9 Å². The van der Waals surface area contributed by atoms with E-state index in [1.165, 1.54) is 18.5 Å². The zero-order chi connectivity index (χ0) is 25.0. The van der Waals surface area contributed by atoms with E-state index in [-0.39, 0.29) is 36.8 Å². The van der Waals surface area contributed by atoms with Gasteiger partial charge in [0.25, 0.3) is 5.92 Å². The molecule has 1 aliphatic rings. The summed E-state index contributed by atoms with van der Waals surface area (Å²) in [5.41, 5.74) is 2.12. The van der Waals surface area contributed by atoms with Crippen LogP contribution in [0.2, 0.25) is 0 Å². The van der Waals surface area contributed by atoms with Crippen LogP contribution in [0.4, 0.5) is 24.8 Å². The topological polar surface area (TPSA) is 87.6 Å². The second-order valence-electron chi connectivity index (χ2n) is 8.39. The molecule has 1 aromatic heterocycles. The average Bonchev–Trinajstić information content (AvgIpc) is 2.84. The number of nitrogens with zero attached hydrogens (tertiary/aromatic N) is 3. The summed E-state index contributed by atoms with van der Waals surface area (Å²) in [7, 11) is 0. The number of halogens is 3. The molecule has 1 atom stereocenters. The largest absolute Gasteiger partial charge is 0.481 e. The Kier molecular flexibility index (Phi) is 7.20. The maximum Gasteiger partial charge on any atom is 0.307 e. The van der Waals surface area contributed by atoms with Crippen LogP contribution < -0.4 is 10.2 Å². The highest BCUT2D eigenvalue weighted by atomic mass is 19.3. The highest BCUT2D eigenvalue weighted by Gasteiger charge is 2.30. The predicted octanol–water partition coefficient (Wildman–Crippen LogP) is 4.54. The van der Waals surface area contributed by atoms with Gasteiger partial charge in [0.2, 0.25) is 5.82 Å². The molecule has 2 heterocycles. The molecule has 2 aromatic carbocycles. The Labute approximate surface area is 200 Å². The van der Waals surface area contributed by atoms with Crippen molar-refractivity contribution in [1.82, 2.24) is 9.97 Å². The first-order valence-corrected chi connectivity index (χ1v) is 11.1. The molecule has 2 N–H and O–H groups in total. The molecule has 7 nitrogen and oxygen atoms in total. The summed E-state index contributed by atoms with van der Waals surface area (Å²) in [6.45, 7) is 2.12. The normalized spacial score (nSPS) is 16.2. The molecule has 0 saturated carbocycles. The zero-order valence-electron chi connectivity index (χ0n) is 19.0. The van der Waals surface area contributed by atoms with E-state index in [0.717, 1.165) is 12.5 Å². The van der Waals surface area contributed by atoms with Crippen LogP contribution >= 0.6 is 0 Å². The Morgan fingerprint density at radius 1 is 1.14 bits per heavy atom. The van der Waals surface area contributed by atoms with Crippen LogP contribution in [0.25, 0.3) is 0 Å². The van der Waals surface area contributed by atoms with E-state index in [9.17, 15) is 13.6 Å². The Balaban J connectivity index is 1.51. The molecule has 0 bridgehead atoms. The molecule has 0 aliphatic carbocycles. The number of anilines is 2. The van der Waals surface area contributed by atoms with E-state index in [4.69, 9.17) is 9.84 Å². The van der Waals surface area contributed by atoms with Crippen molar-refractivity contribution in [1.29, 1.82) is 0 Å². The molecule has 1 aliphatic heterocycles. The molecule has 0 radical (unpaired) electrons. The number of carboxylic acid groups (broad SMARTS) is 1. The summed E-state index contributed by atoms with van der Waals surface area (Å²) in [4.78, 5) is 20.8. The number of alkyl halides is 2. The average molecular weight is 486 g/mol. The van der Waals surface area contributed by atoms with Crippen LogP contribution in [0.1, 0.15) is 35.2 Å². The van der Waals surface area contributed by atoms with Gasteiger partial charge in [-0.25, -0.2) is 18.7 Å². The smallest absolute Gasteiger partial charge is 0.307 e. The highest BCUT2D eigenvalue weighted by molar-refractivity contribution is 5.70. The molecular weight excluding hydrogens is 461 g/mol. The second kappa shape index (κ2) is 10.3. The van der Waals surface area contributed by atoms with Crippen LogP contribution in [0, 0.1) is 5.82 Å². The third kappa shape index (κ3) is 5.89. The van der Waals surface area contributed by atoms with Gasteiger partial charge in [0.1, 0.15) is 6.33 Å². The molecule has 1 fully saturated rings. The minimum atomic E-state index is -2.95. The molecule has 35 heavy (non-hydrogen) atoms. The summed E-state index contributed by atoms with van der Waals surface area (Å²) < 4.78 is 48.2. The van der Waals surface area contributed by atoms with Gasteiger partial charge in [0.15, 0.2) is 11.6 Å². The van der Waals surface area contributed by atoms with Gasteiger partial charge in [-0.05, 0) is 16.7 Å². The fourth-order valence-corrected chi connectivity index (χ4v) is 3.95. The standard InChI is InChI=1S/C25H25F3N4O3/c1-25(27,28)19-8-6-18(7-9-19)20-14-35-11-10-32(20)24-22(26)23(30-15-31-24)29-13-17-4-2-16(3-5-17)12-21(33)34/h2-9,15,20H,10-14H2,1H3,(H,33,34)(H,29,30,31). The lowest BCUT2D eigenvalue weighted by molar-refractivity contribution is -0.136. The van der Waals surface area contributed by atoms with E-state index in [2.05, 4.69) is 15.3 Å². The number of hydrogen-bond acceptors (Lipinski definition) is 6. The lowest BCUT2D eigenvalue weighted by Crippen LogP contribution is -2.40. The van der Waals surface area contributed by atoms with Crippen molar-refractivity contribution in [2.24, 2.45) is 0 Å². The molecule has 0 spiro atoms. The highest BCUT2D eigenvalue weighted by Crippen LogP contribution is 2.34. The van der Waals surface area contributed by atoms with Gasteiger partial charge in [-0.15, -0.1) is 0 Å².